The van der Waals surface area contributed by atoms with Gasteiger partial charge in [-0.05, 0) is 43.5 Å². The fourth-order valence-electron chi connectivity index (χ4n) is 4.49. The number of carbonyl (C=O) groups is 1. The highest BCUT2D eigenvalue weighted by Crippen LogP contribution is 2.31. The molecule has 0 bridgehead atoms. The Labute approximate surface area is 194 Å². The number of hydrogen-bond donors (Lipinski definition) is 2. The summed E-state index contributed by atoms with van der Waals surface area (Å²) in [6.45, 7) is 2.34. The molecule has 2 aliphatic rings. The van der Waals surface area contributed by atoms with Crippen molar-refractivity contribution in [1.29, 1.82) is 0 Å². The van der Waals surface area contributed by atoms with Gasteiger partial charge in [0.15, 0.2) is 11.5 Å². The van der Waals surface area contributed by atoms with Gasteiger partial charge in [0, 0.05) is 42.7 Å². The zero-order valence-corrected chi connectivity index (χ0v) is 18.5. The molecule has 0 saturated carbocycles. The summed E-state index contributed by atoms with van der Waals surface area (Å²) in [4.78, 5) is 29.8. The summed E-state index contributed by atoms with van der Waals surface area (Å²) < 4.78 is 38.9. The van der Waals surface area contributed by atoms with E-state index < -0.39 is 17.7 Å². The zero-order valence-electron chi connectivity index (χ0n) is 18.5. The third-order valence-corrected chi connectivity index (χ3v) is 6.39. The van der Waals surface area contributed by atoms with E-state index in [0.717, 1.165) is 38.1 Å². The number of pyridine rings is 1. The summed E-state index contributed by atoms with van der Waals surface area (Å²) in [5.74, 6) is -0.401. The molecule has 0 spiro atoms. The highest BCUT2D eigenvalue weighted by atomic mass is 19.1. The molecule has 2 aromatic carbocycles. The average Bonchev–Trinajstić information content (AvgIpc) is 2.83. The number of nitrogens with zero attached hydrogens (tertiary/aromatic N) is 1. The van der Waals surface area contributed by atoms with E-state index in [0.29, 0.717) is 30.0 Å². The molecule has 7 nitrogen and oxygen atoms in total. The van der Waals surface area contributed by atoms with E-state index >= 15 is 0 Å². The number of amides is 1. The van der Waals surface area contributed by atoms with Crippen LogP contribution in [0.25, 0.3) is 10.9 Å². The molecule has 1 unspecified atom stereocenters. The lowest BCUT2D eigenvalue weighted by atomic mass is 10.0. The number of ether oxygens (including phenoxy) is 2. The van der Waals surface area contributed by atoms with Crippen molar-refractivity contribution in [3.63, 3.8) is 0 Å². The second-order valence-corrected chi connectivity index (χ2v) is 8.71. The van der Waals surface area contributed by atoms with E-state index in [1.54, 1.807) is 12.1 Å². The molecule has 178 valence electrons. The number of piperidine rings is 1. The number of aromatic nitrogens is 1. The molecule has 2 N–H and O–H groups in total. The Morgan fingerprint density at radius 2 is 1.88 bits per heavy atom. The molecular formula is C25H25F2N3O4. The van der Waals surface area contributed by atoms with Crippen molar-refractivity contribution in [2.45, 2.75) is 31.4 Å². The molecular weight excluding hydrogens is 444 g/mol. The van der Waals surface area contributed by atoms with Gasteiger partial charge in [0.1, 0.15) is 18.2 Å². The number of fused-ring (bicyclic) bond motifs is 2. The molecule has 1 saturated heterocycles. The minimum absolute atomic E-state index is 0.0394. The van der Waals surface area contributed by atoms with Gasteiger partial charge in [-0.25, -0.2) is 8.78 Å². The summed E-state index contributed by atoms with van der Waals surface area (Å²) in [5, 5.41) is 3.26. The van der Waals surface area contributed by atoms with Gasteiger partial charge in [0.25, 0.3) is 11.5 Å². The minimum atomic E-state index is -0.726. The van der Waals surface area contributed by atoms with Gasteiger partial charge in [0.05, 0.1) is 5.52 Å². The molecule has 3 heterocycles. The highest BCUT2D eigenvalue weighted by molar-refractivity contribution is 5.82. The van der Waals surface area contributed by atoms with E-state index in [2.05, 4.69) is 15.2 Å². The van der Waals surface area contributed by atoms with Crippen molar-refractivity contribution < 1.29 is 23.0 Å². The number of hydrogen-bond acceptors (Lipinski definition) is 5. The zero-order chi connectivity index (χ0) is 23.7. The molecule has 9 heteroatoms. The van der Waals surface area contributed by atoms with Gasteiger partial charge in [-0.2, -0.15) is 0 Å². The molecule has 1 aromatic heterocycles. The van der Waals surface area contributed by atoms with Crippen LogP contribution in [0.2, 0.25) is 0 Å². The summed E-state index contributed by atoms with van der Waals surface area (Å²) in [5.41, 5.74) is 0.276. The van der Waals surface area contributed by atoms with Crippen molar-refractivity contribution in [2.24, 2.45) is 0 Å². The quantitative estimate of drug-likeness (QED) is 0.601. The Morgan fingerprint density at radius 3 is 2.68 bits per heavy atom. The van der Waals surface area contributed by atoms with E-state index in [-0.39, 0.29) is 35.0 Å². The van der Waals surface area contributed by atoms with E-state index in [9.17, 15) is 18.4 Å². The predicted octanol–water partition coefficient (Wildman–Crippen LogP) is 2.77. The van der Waals surface area contributed by atoms with Crippen molar-refractivity contribution in [3.8, 4) is 11.5 Å². The molecule has 2 aliphatic heterocycles. The molecule has 1 fully saturated rings. The van der Waals surface area contributed by atoms with Gasteiger partial charge < -0.3 is 24.7 Å². The van der Waals surface area contributed by atoms with Crippen molar-refractivity contribution in [1.82, 2.24) is 15.2 Å². The molecule has 34 heavy (non-hydrogen) atoms. The van der Waals surface area contributed by atoms with Crippen LogP contribution in [0.3, 0.4) is 0 Å². The van der Waals surface area contributed by atoms with Crippen LogP contribution in [-0.2, 0) is 11.2 Å². The molecule has 1 atom stereocenters. The lowest BCUT2D eigenvalue weighted by Crippen LogP contribution is -2.51. The monoisotopic (exact) mass is 469 g/mol. The number of aromatic amines is 1. The minimum Gasteiger partial charge on any atom is -0.485 e. The Morgan fingerprint density at radius 1 is 1.12 bits per heavy atom. The summed E-state index contributed by atoms with van der Waals surface area (Å²) >= 11 is 0. The Hall–Kier alpha value is -3.46. The molecule has 5 rings (SSSR count). The number of rotatable bonds is 5. The van der Waals surface area contributed by atoms with E-state index in [1.165, 1.54) is 6.07 Å². The molecule has 1 amide bonds. The molecule has 0 radical (unpaired) electrons. The fraction of sp³-hybridized carbons (Fsp3) is 0.360. The summed E-state index contributed by atoms with van der Waals surface area (Å²) in [6, 6.07) is 10.7. The molecule has 0 aliphatic carbocycles. The van der Waals surface area contributed by atoms with Gasteiger partial charge in [0.2, 0.25) is 6.10 Å². The second-order valence-electron chi connectivity index (χ2n) is 8.71. The average molecular weight is 469 g/mol. The molecule has 3 aromatic rings. The third kappa shape index (κ3) is 4.75. The lowest BCUT2D eigenvalue weighted by molar-refractivity contribution is -0.131. The van der Waals surface area contributed by atoms with Crippen LogP contribution in [0, 0.1) is 11.6 Å². The lowest BCUT2D eigenvalue weighted by Gasteiger charge is -2.33. The van der Waals surface area contributed by atoms with Crippen molar-refractivity contribution >= 4 is 16.8 Å². The number of para-hydroxylation sites is 2. The van der Waals surface area contributed by atoms with Crippen molar-refractivity contribution in [2.75, 3.05) is 26.2 Å². The second kappa shape index (κ2) is 9.42. The number of H-pyrrole nitrogens is 1. The summed E-state index contributed by atoms with van der Waals surface area (Å²) in [6.07, 6.45) is 1.32. The van der Waals surface area contributed by atoms with E-state index in [1.807, 2.05) is 12.1 Å². The Bertz CT molecular complexity index is 1270. The third-order valence-electron chi connectivity index (χ3n) is 6.39. The van der Waals surface area contributed by atoms with Gasteiger partial charge in [-0.1, -0.05) is 12.1 Å². The highest BCUT2D eigenvalue weighted by Gasteiger charge is 2.30. The number of nitrogens with one attached hydrogen (secondary N) is 2. The maximum absolute atomic E-state index is 14.1. The smallest absolute Gasteiger partial charge is 0.264 e. The van der Waals surface area contributed by atoms with E-state index in [4.69, 9.17) is 9.47 Å². The fourth-order valence-corrected chi connectivity index (χ4v) is 4.49. The van der Waals surface area contributed by atoms with Crippen LogP contribution in [-0.4, -0.2) is 54.2 Å². The van der Waals surface area contributed by atoms with Crippen LogP contribution in [0.4, 0.5) is 8.78 Å². The summed E-state index contributed by atoms with van der Waals surface area (Å²) in [7, 11) is 0. The van der Waals surface area contributed by atoms with Gasteiger partial charge in [-0.3, -0.25) is 9.59 Å². The van der Waals surface area contributed by atoms with Crippen LogP contribution in [0.1, 0.15) is 18.4 Å². The van der Waals surface area contributed by atoms with Crippen LogP contribution in [0.15, 0.2) is 47.3 Å². The number of carbonyl (C=O) groups excluding carboxylic acids is 1. The number of likely N-dealkylation sites (tertiary alicyclic amines) is 1. The van der Waals surface area contributed by atoms with Crippen LogP contribution >= 0.6 is 0 Å². The number of halogens is 2. The normalized spacial score (nSPS) is 18.7. The Kier molecular flexibility index (Phi) is 6.19. The SMILES string of the molecule is O=C(NC1CCN(CCc2cc3c(F)cc(F)cc3[nH]c2=O)CC1)C1COc2ccccc2O1. The van der Waals surface area contributed by atoms with Crippen LogP contribution < -0.4 is 20.3 Å². The van der Waals surface area contributed by atoms with Gasteiger partial charge in [-0.15, -0.1) is 0 Å². The predicted molar refractivity (Wildman–Crippen MR) is 122 cm³/mol. The topological polar surface area (TPSA) is 83.7 Å². The first-order chi connectivity index (χ1) is 16.5. The van der Waals surface area contributed by atoms with Gasteiger partial charge >= 0.3 is 0 Å². The first kappa shape index (κ1) is 22.3. The standard InChI is InChI=1S/C25H25F2N3O4/c26-16-12-19(27)18-11-15(24(31)29-20(18)13-16)5-8-30-9-6-17(7-10-30)28-25(32)23-14-33-21-3-1-2-4-22(21)34-23/h1-4,11-13,17,23H,5-10,14H2,(H,28,32)(H,29,31). The largest absolute Gasteiger partial charge is 0.485 e. The maximum Gasteiger partial charge on any atom is 0.264 e. The number of benzene rings is 2. The first-order valence-corrected chi connectivity index (χ1v) is 11.4. The van der Waals surface area contributed by atoms with Crippen LogP contribution in [0.5, 0.6) is 11.5 Å². The van der Waals surface area contributed by atoms with Crippen molar-refractivity contribution in [3.05, 3.63) is 70.0 Å². The maximum atomic E-state index is 14.1. The first-order valence-electron chi connectivity index (χ1n) is 11.4. The Balaban J connectivity index is 1.12.